The summed E-state index contributed by atoms with van der Waals surface area (Å²) < 4.78 is 0. The number of hydrogen-bond acceptors (Lipinski definition) is 2. The minimum atomic E-state index is 0. The van der Waals surface area contributed by atoms with Crippen LogP contribution < -0.4 is 0 Å². The largest absolute Gasteiger partial charge is 0.307 e. The summed E-state index contributed by atoms with van der Waals surface area (Å²) in [6, 6.07) is 0. The predicted molar refractivity (Wildman–Crippen MR) is 148 cm³/mol. The van der Waals surface area contributed by atoms with Crippen LogP contribution >= 0.6 is 0 Å². The van der Waals surface area contributed by atoms with E-state index in [2.05, 4.69) is 6.92 Å². The van der Waals surface area contributed by atoms with Gasteiger partial charge in [-0.1, -0.05) is 112 Å². The number of hydrogen-bond donors (Lipinski definition) is 0. The van der Waals surface area contributed by atoms with Crippen LogP contribution in [0.2, 0.25) is 0 Å². The summed E-state index contributed by atoms with van der Waals surface area (Å²) in [5.41, 5.74) is 0.479. The van der Waals surface area contributed by atoms with Gasteiger partial charge in [-0.3, -0.25) is 9.59 Å². The molecule has 3 heteroatoms. The van der Waals surface area contributed by atoms with Crippen LogP contribution in [0, 0.1) is 35.0 Å². The van der Waals surface area contributed by atoms with Crippen LogP contribution in [-0.2, 0) is 26.7 Å². The molecule has 0 aromatic carbocycles. The molecule has 0 aromatic rings. The van der Waals surface area contributed by atoms with Crippen LogP contribution in [0.4, 0.5) is 0 Å². The van der Waals surface area contributed by atoms with E-state index in [0.717, 1.165) is 24.7 Å². The number of carbonyl (C=O) groups is 2. The van der Waals surface area contributed by atoms with Gasteiger partial charge in [0.25, 0.3) is 0 Å². The molecule has 35 heavy (non-hydrogen) atoms. The van der Waals surface area contributed by atoms with Crippen molar-refractivity contribution in [3.8, 4) is 0 Å². The van der Waals surface area contributed by atoms with E-state index >= 15 is 0 Å². The first-order valence-electron chi connectivity index (χ1n) is 15.2. The van der Waals surface area contributed by atoms with Gasteiger partial charge in [-0.15, -0.1) is 0 Å². The van der Waals surface area contributed by atoms with Crippen molar-refractivity contribution in [3.05, 3.63) is 5.92 Å². The van der Waals surface area contributed by atoms with Crippen LogP contribution in [0.25, 0.3) is 0 Å². The quantitative estimate of drug-likeness (QED) is 0.267. The zero-order valence-electron chi connectivity index (χ0n) is 24.5. The monoisotopic (exact) mass is 531 g/mol. The molecule has 0 heterocycles. The molecule has 4 aliphatic carbocycles. The molecule has 3 atom stereocenters. The molecule has 4 rings (SSSR count). The third-order valence-electron chi connectivity index (χ3n) is 9.27. The molecule has 4 fully saturated rings. The molecule has 4 saturated carbocycles. The first-order valence-corrected chi connectivity index (χ1v) is 15.2. The Labute approximate surface area is 230 Å². The molecule has 2 nitrogen and oxygen atoms in total. The van der Waals surface area contributed by atoms with E-state index in [1.54, 1.807) is 19.8 Å². The third-order valence-corrected chi connectivity index (χ3v) is 9.27. The molecular formula is C32H59FeO2-. The van der Waals surface area contributed by atoms with Gasteiger partial charge in [0.1, 0.15) is 11.6 Å². The fraction of sp³-hybridized carbons (Fsp3) is 0.906. The van der Waals surface area contributed by atoms with Crippen molar-refractivity contribution in [2.24, 2.45) is 29.1 Å². The van der Waals surface area contributed by atoms with Gasteiger partial charge in [-0.2, -0.15) is 18.3 Å². The van der Waals surface area contributed by atoms with Gasteiger partial charge in [0.15, 0.2) is 0 Å². The van der Waals surface area contributed by atoms with Crippen molar-refractivity contribution in [1.29, 1.82) is 0 Å². The van der Waals surface area contributed by atoms with Gasteiger partial charge in [0.05, 0.1) is 0 Å². The molecule has 2 unspecified atom stereocenters. The molecule has 4 aliphatic rings. The normalized spacial score (nSPS) is 28.5. The fourth-order valence-electron chi connectivity index (χ4n) is 7.10. The van der Waals surface area contributed by atoms with Gasteiger partial charge in [-0.25, -0.2) is 0 Å². The second kappa shape index (κ2) is 19.0. The molecule has 0 aromatic heterocycles. The van der Waals surface area contributed by atoms with Crippen LogP contribution in [0.3, 0.4) is 0 Å². The first-order chi connectivity index (χ1) is 16.4. The second-order valence-corrected chi connectivity index (χ2v) is 11.4. The number of rotatable bonds is 4. The average Bonchev–Trinajstić information content (AvgIpc) is 3.43. The van der Waals surface area contributed by atoms with Crippen LogP contribution in [0.5, 0.6) is 0 Å². The Bertz CT molecular complexity index is 560. The molecule has 0 amide bonds. The fourth-order valence-corrected chi connectivity index (χ4v) is 7.10. The van der Waals surface area contributed by atoms with Gasteiger partial charge in [0.2, 0.25) is 0 Å². The van der Waals surface area contributed by atoms with Crippen molar-refractivity contribution in [2.45, 2.75) is 158 Å². The van der Waals surface area contributed by atoms with E-state index in [1.807, 2.05) is 27.7 Å². The molecule has 0 aliphatic heterocycles. The number of carbonyl (C=O) groups excluding carboxylic acids is 2. The summed E-state index contributed by atoms with van der Waals surface area (Å²) >= 11 is 0. The second-order valence-electron chi connectivity index (χ2n) is 11.4. The zero-order valence-corrected chi connectivity index (χ0v) is 25.6. The van der Waals surface area contributed by atoms with E-state index < -0.39 is 0 Å². The SMILES string of the molecule is CC.CC.CC(=O)C1CCC[C-](C2(C)CCCCC2)C1.CC(=O)C1CCC[C@@H](C2CCCC2)C1.[Fe]. The number of ketones is 2. The molecule has 0 spiro atoms. The summed E-state index contributed by atoms with van der Waals surface area (Å²) in [7, 11) is 0. The Balaban J connectivity index is 0.000000568. The standard InChI is InChI=1S/C15H25O.C13H22O.2C2H6.Fe/c1-12(16)13-7-6-8-14(11-13)15(2)9-4-3-5-10-15;1-10(14)12-7-4-8-13(9-12)11-5-2-3-6-11;2*1-2;/h13H,3-11H2,1-2H3;11-13H,2-9H2,1H3;2*1-2H3;/q-1;;;;/t;12?,13-;;;/m.1.../s1. The molecular weight excluding hydrogens is 472 g/mol. The third kappa shape index (κ3) is 11.4. The van der Waals surface area contributed by atoms with Crippen molar-refractivity contribution >= 4 is 11.6 Å². The maximum Gasteiger partial charge on any atom is 0.132 e. The van der Waals surface area contributed by atoms with Gasteiger partial charge in [-0.05, 0) is 50.9 Å². The zero-order chi connectivity index (χ0) is 25.6. The van der Waals surface area contributed by atoms with Crippen LogP contribution in [-0.4, -0.2) is 11.6 Å². The topological polar surface area (TPSA) is 34.1 Å². The minimum absolute atomic E-state index is 0. The van der Waals surface area contributed by atoms with Crippen LogP contribution in [0.15, 0.2) is 0 Å². The smallest absolute Gasteiger partial charge is 0.132 e. The first kappa shape index (κ1) is 34.9. The van der Waals surface area contributed by atoms with E-state index in [9.17, 15) is 9.59 Å². The molecule has 0 N–H and O–H groups in total. The molecule has 0 radical (unpaired) electrons. The molecule has 0 saturated heterocycles. The summed E-state index contributed by atoms with van der Waals surface area (Å²) in [6.07, 6.45) is 22.5. The Morgan fingerprint density at radius 2 is 1.17 bits per heavy atom. The minimum Gasteiger partial charge on any atom is -0.307 e. The maximum absolute atomic E-state index is 11.5. The van der Waals surface area contributed by atoms with Gasteiger partial charge >= 0.3 is 0 Å². The van der Waals surface area contributed by atoms with Crippen LogP contribution in [0.1, 0.15) is 158 Å². The Hall–Kier alpha value is -0.141. The Morgan fingerprint density at radius 1 is 0.657 bits per heavy atom. The van der Waals surface area contributed by atoms with E-state index in [4.69, 9.17) is 0 Å². The van der Waals surface area contributed by atoms with Gasteiger partial charge in [0, 0.05) is 23.0 Å². The maximum atomic E-state index is 11.5. The summed E-state index contributed by atoms with van der Waals surface area (Å²) in [5, 5.41) is 0. The Morgan fingerprint density at radius 3 is 1.71 bits per heavy atom. The molecule has 0 bridgehead atoms. The van der Waals surface area contributed by atoms with Crippen molar-refractivity contribution < 1.29 is 26.7 Å². The summed E-state index contributed by atoms with van der Waals surface area (Å²) in [4.78, 5) is 22.9. The number of Topliss-reactive ketones (excluding diaryl/α,β-unsaturated/α-hetero) is 2. The summed E-state index contributed by atoms with van der Waals surface area (Å²) in [6.45, 7) is 14.0. The average molecular weight is 532 g/mol. The van der Waals surface area contributed by atoms with Crippen molar-refractivity contribution in [2.75, 3.05) is 0 Å². The van der Waals surface area contributed by atoms with Crippen molar-refractivity contribution in [1.82, 2.24) is 0 Å². The van der Waals surface area contributed by atoms with Crippen molar-refractivity contribution in [3.63, 3.8) is 0 Å². The van der Waals surface area contributed by atoms with E-state index in [-0.39, 0.29) is 17.1 Å². The predicted octanol–water partition coefficient (Wildman–Crippen LogP) is 9.93. The van der Waals surface area contributed by atoms with E-state index in [0.29, 0.717) is 28.8 Å². The van der Waals surface area contributed by atoms with Gasteiger partial charge < -0.3 is 5.92 Å². The summed E-state index contributed by atoms with van der Waals surface area (Å²) in [5.74, 6) is 5.19. The van der Waals surface area contributed by atoms with E-state index in [1.165, 1.54) is 96.3 Å². The Kier molecular flexibility index (Phi) is 18.9. The molecule has 208 valence electrons.